The first-order valence-electron chi connectivity index (χ1n) is 4.61. The smallest absolute Gasteiger partial charge is 0.162 e. The van der Waals surface area contributed by atoms with Gasteiger partial charge in [-0.3, -0.25) is 0 Å². The zero-order valence-corrected chi connectivity index (χ0v) is 10.1. The van der Waals surface area contributed by atoms with Crippen molar-refractivity contribution in [3.8, 4) is 17.6 Å². The van der Waals surface area contributed by atoms with Gasteiger partial charge in [-0.25, -0.2) is 0 Å². The lowest BCUT2D eigenvalue weighted by atomic mass is 10.3. The molecule has 0 unspecified atom stereocenters. The summed E-state index contributed by atoms with van der Waals surface area (Å²) in [6.45, 7) is 0.528. The van der Waals surface area contributed by atoms with E-state index < -0.39 is 0 Å². The third-order valence-electron chi connectivity index (χ3n) is 1.82. The van der Waals surface area contributed by atoms with Crippen molar-refractivity contribution < 1.29 is 9.47 Å². The molecule has 15 heavy (non-hydrogen) atoms. The standard InChI is InChI=1S/C11H12BrNO2/c1-14-10-5-4-9(12)8-11(10)15-7-3-2-6-13/h4-5,8H,2-3,7H2,1H3. The molecule has 4 heteroatoms. The van der Waals surface area contributed by atoms with Crippen LogP contribution in [0.15, 0.2) is 22.7 Å². The molecule has 0 N–H and O–H groups in total. The van der Waals surface area contributed by atoms with Crippen molar-refractivity contribution in [2.24, 2.45) is 0 Å². The average molecular weight is 270 g/mol. The highest BCUT2D eigenvalue weighted by atomic mass is 79.9. The molecule has 0 heterocycles. The van der Waals surface area contributed by atoms with Crippen molar-refractivity contribution in [2.45, 2.75) is 12.8 Å². The Balaban J connectivity index is 2.58. The quantitative estimate of drug-likeness (QED) is 0.772. The Morgan fingerprint density at radius 2 is 2.20 bits per heavy atom. The van der Waals surface area contributed by atoms with E-state index in [1.165, 1.54) is 0 Å². The van der Waals surface area contributed by atoms with Crippen LogP contribution in [0.4, 0.5) is 0 Å². The van der Waals surface area contributed by atoms with E-state index in [1.54, 1.807) is 7.11 Å². The van der Waals surface area contributed by atoms with E-state index in [0.717, 1.165) is 10.9 Å². The number of nitriles is 1. The molecule has 0 saturated carbocycles. The zero-order chi connectivity index (χ0) is 11.1. The Kier molecular flexibility index (Phi) is 4.99. The number of halogens is 1. The summed E-state index contributed by atoms with van der Waals surface area (Å²) in [6.07, 6.45) is 1.24. The van der Waals surface area contributed by atoms with Crippen LogP contribution >= 0.6 is 15.9 Å². The van der Waals surface area contributed by atoms with Gasteiger partial charge in [0.15, 0.2) is 11.5 Å². The number of ether oxygens (including phenoxy) is 2. The van der Waals surface area contributed by atoms with Crippen molar-refractivity contribution in [3.05, 3.63) is 22.7 Å². The normalized spacial score (nSPS) is 9.40. The molecular formula is C11H12BrNO2. The van der Waals surface area contributed by atoms with Crippen molar-refractivity contribution in [3.63, 3.8) is 0 Å². The summed E-state index contributed by atoms with van der Waals surface area (Å²) >= 11 is 3.36. The average Bonchev–Trinajstić information content (AvgIpc) is 2.25. The second kappa shape index (κ2) is 6.31. The van der Waals surface area contributed by atoms with Gasteiger partial charge < -0.3 is 9.47 Å². The number of hydrogen-bond acceptors (Lipinski definition) is 3. The van der Waals surface area contributed by atoms with Crippen molar-refractivity contribution in [1.29, 1.82) is 5.26 Å². The highest BCUT2D eigenvalue weighted by molar-refractivity contribution is 9.10. The molecule has 1 aromatic carbocycles. The number of methoxy groups -OCH3 is 1. The van der Waals surface area contributed by atoms with E-state index in [4.69, 9.17) is 14.7 Å². The molecule has 3 nitrogen and oxygen atoms in total. The monoisotopic (exact) mass is 269 g/mol. The Morgan fingerprint density at radius 1 is 1.40 bits per heavy atom. The van der Waals surface area contributed by atoms with E-state index in [1.807, 2.05) is 18.2 Å². The molecule has 0 radical (unpaired) electrons. The summed E-state index contributed by atoms with van der Waals surface area (Å²) in [5.41, 5.74) is 0. The van der Waals surface area contributed by atoms with Crippen LogP contribution in [0.2, 0.25) is 0 Å². The molecule has 0 amide bonds. The molecule has 0 saturated heterocycles. The largest absolute Gasteiger partial charge is 0.493 e. The fourth-order valence-electron chi connectivity index (χ4n) is 1.10. The van der Waals surface area contributed by atoms with Gasteiger partial charge in [0.1, 0.15) is 0 Å². The third-order valence-corrected chi connectivity index (χ3v) is 2.31. The first-order valence-corrected chi connectivity index (χ1v) is 5.40. The minimum atomic E-state index is 0.510. The maximum atomic E-state index is 8.37. The van der Waals surface area contributed by atoms with Crippen LogP contribution in [0.3, 0.4) is 0 Å². The summed E-state index contributed by atoms with van der Waals surface area (Å²) in [6, 6.07) is 7.65. The van der Waals surface area contributed by atoms with Crippen molar-refractivity contribution in [1.82, 2.24) is 0 Å². The topological polar surface area (TPSA) is 42.2 Å². The van der Waals surface area contributed by atoms with Gasteiger partial charge in [-0.1, -0.05) is 15.9 Å². The van der Waals surface area contributed by atoms with E-state index >= 15 is 0 Å². The Labute approximate surface area is 97.7 Å². The molecule has 0 spiro atoms. The zero-order valence-electron chi connectivity index (χ0n) is 8.50. The molecule has 1 rings (SSSR count). The van der Waals surface area contributed by atoms with Crippen LogP contribution in [0.1, 0.15) is 12.8 Å². The van der Waals surface area contributed by atoms with Gasteiger partial charge in [0, 0.05) is 10.9 Å². The fourth-order valence-corrected chi connectivity index (χ4v) is 1.44. The first kappa shape index (κ1) is 11.9. The van der Waals surface area contributed by atoms with Crippen LogP contribution in [0.5, 0.6) is 11.5 Å². The minimum absolute atomic E-state index is 0.510. The van der Waals surface area contributed by atoms with Gasteiger partial charge in [-0.2, -0.15) is 5.26 Å². The lowest BCUT2D eigenvalue weighted by molar-refractivity contribution is 0.290. The summed E-state index contributed by atoms with van der Waals surface area (Å²) in [5.74, 6) is 1.40. The van der Waals surface area contributed by atoms with Gasteiger partial charge in [0.05, 0.1) is 19.8 Å². The number of hydrogen-bond donors (Lipinski definition) is 0. The summed E-state index contributed by atoms with van der Waals surface area (Å²) in [5, 5.41) is 8.37. The van der Waals surface area contributed by atoms with Gasteiger partial charge in [-0.15, -0.1) is 0 Å². The SMILES string of the molecule is COc1ccc(Br)cc1OCCCC#N. The van der Waals surface area contributed by atoms with Crippen molar-refractivity contribution >= 4 is 15.9 Å². The molecule has 80 valence electrons. The molecular weight excluding hydrogens is 258 g/mol. The highest BCUT2D eigenvalue weighted by Crippen LogP contribution is 2.30. The third kappa shape index (κ3) is 3.80. The molecule has 0 bridgehead atoms. The van der Waals surface area contributed by atoms with Crippen LogP contribution < -0.4 is 9.47 Å². The van der Waals surface area contributed by atoms with E-state index in [2.05, 4.69) is 22.0 Å². The number of unbranched alkanes of at least 4 members (excludes halogenated alkanes) is 1. The van der Waals surface area contributed by atoms with E-state index in [-0.39, 0.29) is 0 Å². The van der Waals surface area contributed by atoms with E-state index in [0.29, 0.717) is 24.5 Å². The second-order valence-electron chi connectivity index (χ2n) is 2.91. The first-order chi connectivity index (χ1) is 7.27. The minimum Gasteiger partial charge on any atom is -0.493 e. The summed E-state index contributed by atoms with van der Waals surface area (Å²) < 4.78 is 11.6. The number of nitrogens with zero attached hydrogens (tertiary/aromatic N) is 1. The van der Waals surface area contributed by atoms with Crippen LogP contribution in [0, 0.1) is 11.3 Å². The maximum absolute atomic E-state index is 8.37. The van der Waals surface area contributed by atoms with Gasteiger partial charge >= 0.3 is 0 Å². The van der Waals surface area contributed by atoms with Crippen LogP contribution in [-0.4, -0.2) is 13.7 Å². The van der Waals surface area contributed by atoms with Gasteiger partial charge in [-0.05, 0) is 24.6 Å². The molecule has 0 aliphatic carbocycles. The Hall–Kier alpha value is -1.21. The van der Waals surface area contributed by atoms with Crippen LogP contribution in [-0.2, 0) is 0 Å². The van der Waals surface area contributed by atoms with Gasteiger partial charge in [0.2, 0.25) is 0 Å². The lowest BCUT2D eigenvalue weighted by Crippen LogP contribution is -1.98. The predicted molar refractivity (Wildman–Crippen MR) is 61.0 cm³/mol. The Morgan fingerprint density at radius 3 is 2.87 bits per heavy atom. The summed E-state index contributed by atoms with van der Waals surface area (Å²) in [4.78, 5) is 0. The number of rotatable bonds is 5. The Bertz CT molecular complexity index is 360. The molecule has 0 atom stereocenters. The lowest BCUT2D eigenvalue weighted by Gasteiger charge is -2.10. The van der Waals surface area contributed by atoms with Gasteiger partial charge in [0.25, 0.3) is 0 Å². The summed E-state index contributed by atoms with van der Waals surface area (Å²) in [7, 11) is 1.60. The van der Waals surface area contributed by atoms with E-state index in [9.17, 15) is 0 Å². The maximum Gasteiger partial charge on any atom is 0.162 e. The predicted octanol–water partition coefficient (Wildman–Crippen LogP) is 3.14. The second-order valence-corrected chi connectivity index (χ2v) is 3.82. The fraction of sp³-hybridized carbons (Fsp3) is 0.364. The highest BCUT2D eigenvalue weighted by Gasteiger charge is 2.04. The van der Waals surface area contributed by atoms with Crippen molar-refractivity contribution in [2.75, 3.05) is 13.7 Å². The molecule has 1 aromatic rings. The molecule has 0 aromatic heterocycles. The molecule has 0 aliphatic rings. The van der Waals surface area contributed by atoms with Crippen LogP contribution in [0.25, 0.3) is 0 Å². The molecule has 0 fully saturated rings. The molecule has 0 aliphatic heterocycles. The number of benzene rings is 1.